The Morgan fingerprint density at radius 1 is 1.44 bits per heavy atom. The van der Waals surface area contributed by atoms with Crippen molar-refractivity contribution in [2.45, 2.75) is 6.43 Å². The number of hydrogen-bond acceptors (Lipinski definition) is 3. The maximum Gasteiger partial charge on any atom is 0.283 e. The fourth-order valence-electron chi connectivity index (χ4n) is 0.358. The Morgan fingerprint density at radius 3 is 2.56 bits per heavy atom. The van der Waals surface area contributed by atoms with Crippen molar-refractivity contribution in [3.05, 3.63) is 18.2 Å². The largest absolute Gasteiger partial charge is 0.283 e. The van der Waals surface area contributed by atoms with E-state index in [1.807, 2.05) is 0 Å². The van der Waals surface area contributed by atoms with Gasteiger partial charge in [-0.25, -0.2) is 13.8 Å². The molecule has 0 fully saturated rings. The summed E-state index contributed by atoms with van der Waals surface area (Å²) in [5.41, 5.74) is -0.391. The Bertz CT molecular complexity index is 176. The molecule has 0 aliphatic carbocycles. The lowest BCUT2D eigenvalue weighted by Crippen LogP contribution is -1.92. The van der Waals surface area contributed by atoms with Gasteiger partial charge < -0.3 is 0 Å². The van der Waals surface area contributed by atoms with Gasteiger partial charge in [-0.3, -0.25) is 0 Å². The van der Waals surface area contributed by atoms with Crippen molar-refractivity contribution in [1.29, 1.82) is 0 Å². The zero-order valence-electron chi connectivity index (χ0n) is 4.33. The Morgan fingerprint density at radius 2 is 2.22 bits per heavy atom. The number of hydrogen-bond donors (Lipinski definition) is 0. The normalized spacial score (nSPS) is 10.1. The molecule has 0 aliphatic rings. The third kappa shape index (κ3) is 1.38. The highest BCUT2D eigenvalue weighted by Gasteiger charge is 2.07. The zero-order chi connectivity index (χ0) is 6.69. The number of rotatable bonds is 1. The van der Waals surface area contributed by atoms with Crippen LogP contribution in [0.15, 0.2) is 12.5 Å². The van der Waals surface area contributed by atoms with Crippen molar-refractivity contribution in [3.8, 4) is 0 Å². The maximum atomic E-state index is 11.6. The summed E-state index contributed by atoms with van der Waals surface area (Å²) in [6.07, 6.45) is -0.491. The molecular formula is C4H3F2N3. The third-order valence-electron chi connectivity index (χ3n) is 0.722. The van der Waals surface area contributed by atoms with Crippen molar-refractivity contribution < 1.29 is 8.78 Å². The van der Waals surface area contributed by atoms with Crippen LogP contribution in [0.3, 0.4) is 0 Å². The second-order valence-electron chi connectivity index (χ2n) is 1.33. The number of aromatic nitrogens is 3. The summed E-state index contributed by atoms with van der Waals surface area (Å²) in [4.78, 5) is 3.35. The molecule has 1 heterocycles. The minimum absolute atomic E-state index is 0.391. The molecule has 9 heavy (non-hydrogen) atoms. The molecule has 0 unspecified atom stereocenters. The van der Waals surface area contributed by atoms with Crippen LogP contribution in [0.25, 0.3) is 0 Å². The maximum absolute atomic E-state index is 11.6. The summed E-state index contributed by atoms with van der Waals surface area (Å²) in [7, 11) is 0. The summed E-state index contributed by atoms with van der Waals surface area (Å²) >= 11 is 0. The number of halogens is 2. The minimum atomic E-state index is -2.58. The molecule has 1 aromatic heterocycles. The van der Waals surface area contributed by atoms with Gasteiger partial charge in [-0.1, -0.05) is 0 Å². The highest BCUT2D eigenvalue weighted by Crippen LogP contribution is 2.12. The van der Waals surface area contributed by atoms with Gasteiger partial charge in [-0.2, -0.15) is 0 Å². The van der Waals surface area contributed by atoms with E-state index in [1.54, 1.807) is 0 Å². The van der Waals surface area contributed by atoms with Crippen molar-refractivity contribution in [3.63, 3.8) is 0 Å². The fraction of sp³-hybridized carbons (Fsp3) is 0.250. The van der Waals surface area contributed by atoms with Crippen LogP contribution in [0.2, 0.25) is 0 Å². The molecule has 1 aromatic rings. The van der Waals surface area contributed by atoms with Gasteiger partial charge in [0.25, 0.3) is 6.43 Å². The van der Waals surface area contributed by atoms with E-state index >= 15 is 0 Å². The molecule has 0 saturated heterocycles. The lowest BCUT2D eigenvalue weighted by atomic mass is 10.5. The summed E-state index contributed by atoms with van der Waals surface area (Å²) in [5.74, 6) is 0. The van der Waals surface area contributed by atoms with Crippen LogP contribution in [0.1, 0.15) is 12.1 Å². The molecule has 0 aliphatic heterocycles. The van der Waals surface area contributed by atoms with E-state index < -0.39 is 12.1 Å². The van der Waals surface area contributed by atoms with Gasteiger partial charge in [0.05, 0.1) is 6.20 Å². The van der Waals surface area contributed by atoms with Crippen molar-refractivity contribution in [2.75, 3.05) is 0 Å². The Hall–Kier alpha value is -1.13. The van der Waals surface area contributed by atoms with Gasteiger partial charge in [0.2, 0.25) is 0 Å². The first kappa shape index (κ1) is 6.00. The van der Waals surface area contributed by atoms with Crippen LogP contribution in [-0.4, -0.2) is 15.2 Å². The van der Waals surface area contributed by atoms with Crippen LogP contribution in [0.4, 0.5) is 8.78 Å². The van der Waals surface area contributed by atoms with E-state index in [4.69, 9.17) is 0 Å². The van der Waals surface area contributed by atoms with Crippen molar-refractivity contribution in [2.24, 2.45) is 0 Å². The van der Waals surface area contributed by atoms with Crippen LogP contribution in [0.5, 0.6) is 0 Å². The van der Waals surface area contributed by atoms with E-state index in [0.29, 0.717) is 0 Å². The third-order valence-corrected chi connectivity index (χ3v) is 0.722. The van der Waals surface area contributed by atoms with E-state index in [9.17, 15) is 8.78 Å². The average Bonchev–Trinajstić information content (AvgIpc) is 1.90. The number of nitrogens with zero attached hydrogens (tertiary/aromatic N) is 3. The molecule has 1 rings (SSSR count). The van der Waals surface area contributed by atoms with Gasteiger partial charge in [0.15, 0.2) is 0 Å². The Kier molecular flexibility index (Phi) is 1.62. The van der Waals surface area contributed by atoms with Crippen molar-refractivity contribution in [1.82, 2.24) is 15.2 Å². The lowest BCUT2D eigenvalue weighted by molar-refractivity contribution is 0.144. The predicted octanol–water partition coefficient (Wildman–Crippen LogP) is 0.809. The van der Waals surface area contributed by atoms with E-state index in [0.717, 1.165) is 12.5 Å². The quantitative estimate of drug-likeness (QED) is 0.566. The topological polar surface area (TPSA) is 38.7 Å². The predicted molar refractivity (Wildman–Crippen MR) is 24.8 cm³/mol. The molecule has 0 radical (unpaired) electrons. The van der Waals surface area contributed by atoms with Gasteiger partial charge in [0, 0.05) is 0 Å². The van der Waals surface area contributed by atoms with E-state index in [1.165, 1.54) is 0 Å². The Balaban J connectivity index is 2.85. The van der Waals surface area contributed by atoms with Crippen LogP contribution >= 0.6 is 0 Å². The van der Waals surface area contributed by atoms with Gasteiger partial charge in [0.1, 0.15) is 12.0 Å². The van der Waals surface area contributed by atoms with Crippen molar-refractivity contribution >= 4 is 0 Å². The molecule has 0 amide bonds. The monoisotopic (exact) mass is 131 g/mol. The zero-order valence-corrected chi connectivity index (χ0v) is 4.33. The lowest BCUT2D eigenvalue weighted by Gasteiger charge is -1.91. The molecule has 0 aromatic carbocycles. The molecule has 3 nitrogen and oxygen atoms in total. The molecule has 0 saturated carbocycles. The summed E-state index contributed by atoms with van der Waals surface area (Å²) in [5, 5.41) is 6.28. The van der Waals surface area contributed by atoms with Crippen LogP contribution in [-0.2, 0) is 0 Å². The first-order valence-corrected chi connectivity index (χ1v) is 2.21. The molecule has 48 valence electrons. The summed E-state index contributed by atoms with van der Waals surface area (Å²) in [6.45, 7) is 0. The standard InChI is InChI=1S/C4H3F2N3/c5-4(6)3-1-7-2-8-9-3/h1-2,4H. The van der Waals surface area contributed by atoms with E-state index in [2.05, 4.69) is 15.2 Å². The molecular weight excluding hydrogens is 128 g/mol. The first-order chi connectivity index (χ1) is 4.30. The number of alkyl halides is 2. The minimum Gasteiger partial charge on any atom is -0.241 e. The highest BCUT2D eigenvalue weighted by molar-refractivity contribution is 4.91. The highest BCUT2D eigenvalue weighted by atomic mass is 19.3. The fourth-order valence-corrected chi connectivity index (χ4v) is 0.358. The molecule has 0 atom stereocenters. The van der Waals surface area contributed by atoms with E-state index in [-0.39, 0.29) is 0 Å². The van der Waals surface area contributed by atoms with Gasteiger partial charge in [-0.15, -0.1) is 10.2 Å². The Labute approximate surface area is 49.8 Å². The first-order valence-electron chi connectivity index (χ1n) is 2.21. The second-order valence-corrected chi connectivity index (χ2v) is 1.33. The van der Waals surface area contributed by atoms with Gasteiger partial charge in [-0.05, 0) is 0 Å². The molecule has 0 spiro atoms. The molecule has 0 N–H and O–H groups in total. The van der Waals surface area contributed by atoms with Gasteiger partial charge >= 0.3 is 0 Å². The van der Waals surface area contributed by atoms with Crippen LogP contribution < -0.4 is 0 Å². The smallest absolute Gasteiger partial charge is 0.241 e. The molecule has 5 heteroatoms. The summed E-state index contributed by atoms with van der Waals surface area (Å²) in [6, 6.07) is 0. The second kappa shape index (κ2) is 2.43. The summed E-state index contributed by atoms with van der Waals surface area (Å²) < 4.78 is 23.2. The molecule has 0 bridgehead atoms. The SMILES string of the molecule is FC(F)c1cncnn1. The average molecular weight is 131 g/mol. The van der Waals surface area contributed by atoms with Crippen LogP contribution in [0, 0.1) is 0 Å².